The highest BCUT2D eigenvalue weighted by Gasteiger charge is 2.20. The van der Waals surface area contributed by atoms with E-state index in [1.165, 1.54) is 18.4 Å². The molecule has 0 saturated carbocycles. The number of aromatic nitrogens is 1. The molecule has 0 unspecified atom stereocenters. The molecule has 5 aromatic rings. The molecule has 3 N–H and O–H groups in total. The first-order chi connectivity index (χ1) is 27.2. The van der Waals surface area contributed by atoms with Gasteiger partial charge in [0.2, 0.25) is 11.8 Å². The van der Waals surface area contributed by atoms with E-state index in [0.717, 1.165) is 21.5 Å². The van der Waals surface area contributed by atoms with E-state index in [1.54, 1.807) is 18.2 Å². The van der Waals surface area contributed by atoms with E-state index in [9.17, 15) is 19.2 Å². The fourth-order valence-corrected chi connectivity index (χ4v) is 7.98. The molecule has 1 saturated heterocycles. The number of amides is 2. The summed E-state index contributed by atoms with van der Waals surface area (Å²) in [5.74, 6) is -0.549. The Morgan fingerprint density at radius 3 is 1.84 bits per heavy atom. The Balaban J connectivity index is 1.18. The summed E-state index contributed by atoms with van der Waals surface area (Å²) < 4.78 is 5.60. The largest absolute Gasteiger partial charge is 0.465 e. The first kappa shape index (κ1) is 40.6. The molecule has 2 atom stereocenters. The highest BCUT2D eigenvalue weighted by Crippen LogP contribution is 2.25. The van der Waals surface area contributed by atoms with E-state index < -0.39 is 5.97 Å². The molecule has 56 heavy (non-hydrogen) atoms. The van der Waals surface area contributed by atoms with Crippen LogP contribution in [-0.2, 0) is 20.9 Å². The Morgan fingerprint density at radius 2 is 1.29 bits per heavy atom. The number of methoxy groups -OCH3 is 1. The van der Waals surface area contributed by atoms with Gasteiger partial charge in [-0.15, -0.1) is 11.3 Å². The van der Waals surface area contributed by atoms with Crippen molar-refractivity contribution in [2.24, 2.45) is 0 Å². The first-order valence-electron chi connectivity index (χ1n) is 19.2. The Hall–Kier alpha value is -5.05. The quantitative estimate of drug-likeness (QED) is 0.131. The molecule has 1 aliphatic heterocycles. The van der Waals surface area contributed by atoms with Gasteiger partial charge in [0.05, 0.1) is 48.9 Å². The second kappa shape index (κ2) is 19.7. The summed E-state index contributed by atoms with van der Waals surface area (Å²) in [5, 5.41) is 10.8. The molecule has 3 aromatic carbocycles. The second-order valence-electron chi connectivity index (χ2n) is 14.3. The molecule has 13 heteroatoms. The number of rotatable bonds is 11. The third kappa shape index (κ3) is 11.0. The molecule has 3 heterocycles. The Bertz CT molecular complexity index is 2090. The standard InChI is InChI=1S/C43H51N7O5S/c1-30(32-10-6-4-7-11-32)45-39(51)28-48-20-18-44-19-21-49(29-40(52)46-31(2)33-12-8-5-9-13-33)23-25-50(24-22-48)27-35-15-16-36-41(53)37-26-34(43(54)55-3)14-17-38(37)56-42(36)47-35/h4-17,26,30-31,44H,18-25,27-29H2,1-3H3,(H,45,51)(H,46,52)/t30-,31-/m0/s1. The van der Waals surface area contributed by atoms with Crippen molar-refractivity contribution >= 4 is 49.4 Å². The number of nitrogens with zero attached hydrogens (tertiary/aromatic N) is 4. The van der Waals surface area contributed by atoms with Gasteiger partial charge < -0.3 is 20.7 Å². The van der Waals surface area contributed by atoms with Crippen LogP contribution in [0.1, 0.15) is 53.1 Å². The number of benzene rings is 3. The third-order valence-electron chi connectivity index (χ3n) is 10.2. The van der Waals surface area contributed by atoms with Gasteiger partial charge in [-0.3, -0.25) is 29.1 Å². The van der Waals surface area contributed by atoms with Crippen molar-refractivity contribution in [1.29, 1.82) is 0 Å². The van der Waals surface area contributed by atoms with Gasteiger partial charge in [-0.05, 0) is 55.3 Å². The smallest absolute Gasteiger partial charge is 0.337 e. The molecular weight excluding hydrogens is 727 g/mol. The fraction of sp³-hybridized carbons (Fsp3) is 0.372. The van der Waals surface area contributed by atoms with E-state index in [0.29, 0.717) is 80.1 Å². The molecule has 1 fully saturated rings. The summed E-state index contributed by atoms with van der Waals surface area (Å²) in [5.41, 5.74) is 3.08. The van der Waals surface area contributed by atoms with Gasteiger partial charge in [-0.1, -0.05) is 60.7 Å². The number of nitrogens with one attached hydrogen (secondary N) is 3. The Labute approximate surface area is 331 Å². The van der Waals surface area contributed by atoms with Gasteiger partial charge in [-0.2, -0.15) is 0 Å². The number of esters is 1. The van der Waals surface area contributed by atoms with Gasteiger partial charge in [0.1, 0.15) is 4.83 Å². The van der Waals surface area contributed by atoms with Gasteiger partial charge >= 0.3 is 5.97 Å². The molecule has 1 aliphatic rings. The van der Waals surface area contributed by atoms with E-state index in [-0.39, 0.29) is 42.4 Å². The summed E-state index contributed by atoms with van der Waals surface area (Å²) in [7, 11) is 1.32. The molecule has 2 amide bonds. The lowest BCUT2D eigenvalue weighted by atomic mass is 10.1. The second-order valence-corrected chi connectivity index (χ2v) is 15.3. The average molecular weight is 778 g/mol. The van der Waals surface area contributed by atoms with Gasteiger partial charge in [0, 0.05) is 69.0 Å². The lowest BCUT2D eigenvalue weighted by Gasteiger charge is -2.31. The summed E-state index contributed by atoms with van der Waals surface area (Å²) >= 11 is 1.41. The molecule has 294 valence electrons. The summed E-state index contributed by atoms with van der Waals surface area (Å²) in [6.07, 6.45) is 0. The number of hydrogen-bond donors (Lipinski definition) is 3. The number of carbonyl (C=O) groups is 3. The van der Waals surface area contributed by atoms with Crippen LogP contribution in [0.5, 0.6) is 0 Å². The van der Waals surface area contributed by atoms with Crippen molar-refractivity contribution in [2.45, 2.75) is 32.5 Å². The predicted molar refractivity (Wildman–Crippen MR) is 222 cm³/mol. The topological polar surface area (TPSA) is 136 Å². The molecular formula is C43H51N7O5S. The maximum Gasteiger partial charge on any atom is 0.337 e. The van der Waals surface area contributed by atoms with Crippen LogP contribution in [0.2, 0.25) is 0 Å². The Kier molecular flexibility index (Phi) is 14.3. The zero-order valence-corrected chi connectivity index (χ0v) is 33.1. The van der Waals surface area contributed by atoms with Crippen molar-refractivity contribution in [1.82, 2.24) is 35.6 Å². The molecule has 0 spiro atoms. The monoisotopic (exact) mass is 777 g/mol. The average Bonchev–Trinajstić information content (AvgIpc) is 3.20. The highest BCUT2D eigenvalue weighted by molar-refractivity contribution is 7.24. The van der Waals surface area contributed by atoms with Crippen molar-refractivity contribution < 1.29 is 19.1 Å². The molecule has 0 aliphatic carbocycles. The van der Waals surface area contributed by atoms with Crippen LogP contribution >= 0.6 is 11.3 Å². The van der Waals surface area contributed by atoms with Gasteiger partial charge in [0.15, 0.2) is 5.43 Å². The van der Waals surface area contributed by atoms with Crippen LogP contribution in [-0.4, -0.2) is 110 Å². The lowest BCUT2D eigenvalue weighted by molar-refractivity contribution is -0.123. The molecule has 6 rings (SSSR count). The van der Waals surface area contributed by atoms with Gasteiger partial charge in [0.25, 0.3) is 0 Å². The van der Waals surface area contributed by atoms with E-state index in [2.05, 4.69) is 30.7 Å². The molecule has 2 aromatic heterocycles. The van der Waals surface area contributed by atoms with Crippen LogP contribution in [0.15, 0.2) is 95.8 Å². The highest BCUT2D eigenvalue weighted by atomic mass is 32.1. The van der Waals surface area contributed by atoms with Crippen molar-refractivity contribution in [3.8, 4) is 0 Å². The number of carbonyl (C=O) groups excluding carboxylic acids is 3. The van der Waals surface area contributed by atoms with Crippen LogP contribution in [0, 0.1) is 0 Å². The van der Waals surface area contributed by atoms with E-state index in [4.69, 9.17) is 9.72 Å². The van der Waals surface area contributed by atoms with Crippen LogP contribution in [0.25, 0.3) is 20.3 Å². The SMILES string of the molecule is COC(=O)c1ccc2sc3nc(CN4CCN(CC(=O)N[C@@H](C)c5ccccc5)CCNCCN(CC(=O)N[C@@H](C)c5ccccc5)CC4)ccc3c(=O)c2c1. The van der Waals surface area contributed by atoms with Crippen LogP contribution in [0.4, 0.5) is 0 Å². The van der Waals surface area contributed by atoms with E-state index >= 15 is 0 Å². The van der Waals surface area contributed by atoms with Crippen molar-refractivity contribution in [3.05, 3.63) is 124 Å². The zero-order valence-electron chi connectivity index (χ0n) is 32.3. The lowest BCUT2D eigenvalue weighted by Crippen LogP contribution is -2.48. The normalized spacial score (nSPS) is 16.3. The maximum atomic E-state index is 13.5. The van der Waals surface area contributed by atoms with Crippen LogP contribution in [0.3, 0.4) is 0 Å². The number of pyridine rings is 1. The van der Waals surface area contributed by atoms with Crippen molar-refractivity contribution in [3.63, 3.8) is 0 Å². The predicted octanol–water partition coefficient (Wildman–Crippen LogP) is 4.36. The minimum atomic E-state index is -0.492. The summed E-state index contributed by atoms with van der Waals surface area (Å²) in [4.78, 5) is 64.5. The zero-order chi connectivity index (χ0) is 39.4. The van der Waals surface area contributed by atoms with E-state index in [1.807, 2.05) is 86.6 Å². The first-order valence-corrected chi connectivity index (χ1v) is 20.0. The Morgan fingerprint density at radius 1 is 0.732 bits per heavy atom. The maximum absolute atomic E-state index is 13.5. The molecule has 0 radical (unpaired) electrons. The third-order valence-corrected chi connectivity index (χ3v) is 11.2. The molecule has 0 bridgehead atoms. The minimum absolute atomic E-state index is 0.0288. The summed E-state index contributed by atoms with van der Waals surface area (Å²) in [6.45, 7) is 10.4. The summed E-state index contributed by atoms with van der Waals surface area (Å²) in [6, 6.07) is 28.4. The number of fused-ring (bicyclic) bond motifs is 2. The number of hydrogen-bond acceptors (Lipinski definition) is 11. The van der Waals surface area contributed by atoms with Crippen molar-refractivity contribution in [2.75, 3.05) is 72.6 Å². The number of ether oxygens (including phenoxy) is 1. The minimum Gasteiger partial charge on any atom is -0.465 e. The van der Waals surface area contributed by atoms with Crippen LogP contribution < -0.4 is 21.4 Å². The molecule has 12 nitrogen and oxygen atoms in total. The van der Waals surface area contributed by atoms with Gasteiger partial charge in [-0.25, -0.2) is 9.78 Å². The fourth-order valence-electron chi connectivity index (χ4n) is 6.94.